The number of benzene rings is 9. The number of rotatable bonds is 5. The van der Waals surface area contributed by atoms with Crippen LogP contribution in [0.25, 0.3) is 82.1 Å². The predicted molar refractivity (Wildman–Crippen MR) is 223 cm³/mol. The molecule has 11 rings (SSSR count). The molecule has 0 aliphatic heterocycles. The van der Waals surface area contributed by atoms with E-state index in [4.69, 9.17) is 4.42 Å². The van der Waals surface area contributed by atoms with Crippen molar-refractivity contribution in [2.45, 2.75) is 0 Å². The summed E-state index contributed by atoms with van der Waals surface area (Å²) >= 11 is 0. The normalized spacial score (nSPS) is 11.8. The summed E-state index contributed by atoms with van der Waals surface area (Å²) in [5.74, 6) is 0. The van der Waals surface area contributed by atoms with Crippen molar-refractivity contribution in [2.24, 2.45) is 0 Å². The molecule has 0 spiro atoms. The summed E-state index contributed by atoms with van der Waals surface area (Å²) in [7, 11) is 0. The van der Waals surface area contributed by atoms with Gasteiger partial charge in [0.1, 0.15) is 5.58 Å². The second kappa shape index (κ2) is 11.7. The third-order valence-electron chi connectivity index (χ3n) is 10.7. The van der Waals surface area contributed by atoms with Crippen molar-refractivity contribution < 1.29 is 4.42 Å². The van der Waals surface area contributed by atoms with Gasteiger partial charge in [-0.2, -0.15) is 0 Å². The average molecular weight is 677 g/mol. The van der Waals surface area contributed by atoms with E-state index in [0.717, 1.165) is 61.2 Å². The van der Waals surface area contributed by atoms with Gasteiger partial charge in [0.25, 0.3) is 0 Å². The number of fused-ring (bicyclic) bond motifs is 9. The molecule has 2 heterocycles. The topological polar surface area (TPSA) is 21.3 Å². The molecule has 53 heavy (non-hydrogen) atoms. The van der Waals surface area contributed by atoms with E-state index in [9.17, 15) is 0 Å². The summed E-state index contributed by atoms with van der Waals surface area (Å²) in [5.41, 5.74) is 10.7. The van der Waals surface area contributed by atoms with E-state index in [1.165, 1.54) is 38.0 Å². The van der Waals surface area contributed by atoms with Crippen LogP contribution in [0.2, 0.25) is 0 Å². The van der Waals surface area contributed by atoms with Crippen molar-refractivity contribution in [3.8, 4) is 16.8 Å². The Morgan fingerprint density at radius 2 is 1.06 bits per heavy atom. The maximum atomic E-state index is 6.92. The lowest BCUT2D eigenvalue weighted by Gasteiger charge is -2.28. The Balaban J connectivity index is 1.27. The maximum absolute atomic E-state index is 6.92. The van der Waals surface area contributed by atoms with Gasteiger partial charge in [0.05, 0.1) is 16.7 Å². The Kier molecular flexibility index (Phi) is 6.55. The van der Waals surface area contributed by atoms with Crippen LogP contribution in [-0.4, -0.2) is 4.57 Å². The molecule has 9 aromatic carbocycles. The lowest BCUT2D eigenvalue weighted by atomic mass is 9.96. The first-order chi connectivity index (χ1) is 26.3. The standard InChI is InChI=1S/C50H32N2O/c1-3-14-33(15-4-1)35-17-13-20-37(30-35)51(38-27-29-47-44(31-38)40-22-9-11-24-46(40)52(47)36-18-5-2-6-19-36)49-42-28-26-34-16-7-8-21-39(34)43(42)32-45-41-23-10-12-25-48(41)53-50(45)49/h1-32H. The Labute approximate surface area is 306 Å². The molecule has 0 saturated heterocycles. The van der Waals surface area contributed by atoms with Crippen LogP contribution in [0.3, 0.4) is 0 Å². The molecule has 11 aromatic rings. The smallest absolute Gasteiger partial charge is 0.160 e. The largest absolute Gasteiger partial charge is 0.454 e. The van der Waals surface area contributed by atoms with E-state index in [-0.39, 0.29) is 0 Å². The van der Waals surface area contributed by atoms with Gasteiger partial charge in [-0.25, -0.2) is 0 Å². The van der Waals surface area contributed by atoms with Gasteiger partial charge in [0.2, 0.25) is 0 Å². The summed E-state index contributed by atoms with van der Waals surface area (Å²) in [4.78, 5) is 2.42. The highest BCUT2D eigenvalue weighted by Gasteiger charge is 2.25. The highest BCUT2D eigenvalue weighted by molar-refractivity contribution is 6.24. The van der Waals surface area contributed by atoms with E-state index >= 15 is 0 Å². The van der Waals surface area contributed by atoms with Gasteiger partial charge in [-0.15, -0.1) is 0 Å². The molecule has 2 aromatic heterocycles. The fourth-order valence-electron chi connectivity index (χ4n) is 8.35. The fraction of sp³-hybridized carbons (Fsp3) is 0. The number of hydrogen-bond acceptors (Lipinski definition) is 2. The van der Waals surface area contributed by atoms with Crippen LogP contribution in [-0.2, 0) is 0 Å². The Hall–Kier alpha value is -7.10. The monoisotopic (exact) mass is 676 g/mol. The molecule has 0 aliphatic rings. The molecule has 0 bridgehead atoms. The highest BCUT2D eigenvalue weighted by atomic mass is 16.3. The van der Waals surface area contributed by atoms with Gasteiger partial charge in [0.15, 0.2) is 5.58 Å². The van der Waals surface area contributed by atoms with Gasteiger partial charge in [0, 0.05) is 44.0 Å². The third kappa shape index (κ3) is 4.61. The number of hydrogen-bond donors (Lipinski definition) is 0. The molecule has 0 unspecified atom stereocenters. The predicted octanol–water partition coefficient (Wildman–Crippen LogP) is 14.1. The SMILES string of the molecule is c1ccc(-c2cccc(N(c3ccc4c(c3)c3ccccc3n4-c3ccccc3)c3c4ccc5ccccc5c4cc4c3oc3ccccc34)c2)cc1. The minimum Gasteiger partial charge on any atom is -0.454 e. The molecule has 0 atom stereocenters. The first kappa shape index (κ1) is 29.6. The van der Waals surface area contributed by atoms with Gasteiger partial charge in [-0.3, -0.25) is 0 Å². The summed E-state index contributed by atoms with van der Waals surface area (Å²) in [6.45, 7) is 0. The lowest BCUT2D eigenvalue weighted by molar-refractivity contribution is 0.669. The number of nitrogens with zero attached hydrogens (tertiary/aromatic N) is 2. The van der Waals surface area contributed by atoms with Crippen LogP contribution in [0, 0.1) is 0 Å². The lowest BCUT2D eigenvalue weighted by Crippen LogP contribution is -2.11. The van der Waals surface area contributed by atoms with Crippen molar-refractivity contribution in [2.75, 3.05) is 4.90 Å². The minimum absolute atomic E-state index is 0.867. The Bertz CT molecular complexity index is 3170. The van der Waals surface area contributed by atoms with E-state index in [0.29, 0.717) is 0 Å². The summed E-state index contributed by atoms with van der Waals surface area (Å²) in [6.07, 6.45) is 0. The zero-order valence-corrected chi connectivity index (χ0v) is 28.8. The number of anilines is 3. The Morgan fingerprint density at radius 3 is 1.92 bits per heavy atom. The molecule has 0 N–H and O–H groups in total. The first-order valence-electron chi connectivity index (χ1n) is 18.1. The molecule has 248 valence electrons. The fourth-order valence-corrected chi connectivity index (χ4v) is 8.35. The molecule has 0 radical (unpaired) electrons. The van der Waals surface area contributed by atoms with Gasteiger partial charge in [-0.1, -0.05) is 133 Å². The van der Waals surface area contributed by atoms with Gasteiger partial charge >= 0.3 is 0 Å². The summed E-state index contributed by atoms with van der Waals surface area (Å²) in [6, 6.07) is 69.7. The second-order valence-corrected chi connectivity index (χ2v) is 13.7. The van der Waals surface area contributed by atoms with Crippen molar-refractivity contribution in [3.05, 3.63) is 194 Å². The molecule has 0 amide bonds. The number of aromatic nitrogens is 1. The van der Waals surface area contributed by atoms with Crippen molar-refractivity contribution in [3.63, 3.8) is 0 Å². The van der Waals surface area contributed by atoms with E-state index in [1.807, 2.05) is 0 Å². The zero-order chi connectivity index (χ0) is 34.9. The molecular weight excluding hydrogens is 645 g/mol. The highest BCUT2D eigenvalue weighted by Crippen LogP contribution is 2.49. The minimum atomic E-state index is 0.867. The first-order valence-corrected chi connectivity index (χ1v) is 18.1. The van der Waals surface area contributed by atoms with E-state index in [1.54, 1.807) is 0 Å². The van der Waals surface area contributed by atoms with Crippen molar-refractivity contribution in [1.29, 1.82) is 0 Å². The molecule has 3 heteroatoms. The van der Waals surface area contributed by atoms with Gasteiger partial charge < -0.3 is 13.9 Å². The van der Waals surface area contributed by atoms with E-state index in [2.05, 4.69) is 204 Å². The van der Waals surface area contributed by atoms with Crippen LogP contribution in [0.5, 0.6) is 0 Å². The van der Waals surface area contributed by atoms with Crippen LogP contribution >= 0.6 is 0 Å². The molecular formula is C50H32N2O. The molecule has 3 nitrogen and oxygen atoms in total. The zero-order valence-electron chi connectivity index (χ0n) is 28.8. The van der Waals surface area contributed by atoms with Crippen molar-refractivity contribution >= 4 is 82.4 Å². The van der Waals surface area contributed by atoms with Crippen molar-refractivity contribution in [1.82, 2.24) is 4.57 Å². The van der Waals surface area contributed by atoms with Crippen LogP contribution in [0.15, 0.2) is 199 Å². The molecule has 0 fully saturated rings. The maximum Gasteiger partial charge on any atom is 0.160 e. The third-order valence-corrected chi connectivity index (χ3v) is 10.7. The summed E-state index contributed by atoms with van der Waals surface area (Å²) in [5, 5.41) is 9.38. The number of para-hydroxylation sites is 3. The number of furan rings is 1. The molecule has 0 aliphatic carbocycles. The van der Waals surface area contributed by atoms with Gasteiger partial charge in [-0.05, 0) is 87.9 Å². The van der Waals surface area contributed by atoms with Crippen LogP contribution in [0.4, 0.5) is 17.1 Å². The second-order valence-electron chi connectivity index (χ2n) is 13.7. The van der Waals surface area contributed by atoms with Crippen LogP contribution < -0.4 is 4.90 Å². The average Bonchev–Trinajstić information content (AvgIpc) is 3.77. The summed E-state index contributed by atoms with van der Waals surface area (Å²) < 4.78 is 9.29. The Morgan fingerprint density at radius 1 is 0.377 bits per heavy atom. The van der Waals surface area contributed by atoms with E-state index < -0.39 is 0 Å². The molecule has 0 saturated carbocycles. The van der Waals surface area contributed by atoms with Crippen LogP contribution in [0.1, 0.15) is 0 Å². The quantitative estimate of drug-likeness (QED) is 0.169.